The minimum Gasteiger partial charge on any atom is -0.490 e. The summed E-state index contributed by atoms with van der Waals surface area (Å²) in [6.45, 7) is 14.9. The predicted octanol–water partition coefficient (Wildman–Crippen LogP) is 7.35. The number of hydrogen-bond donors (Lipinski definition) is 4. The number of carbonyl (C=O) groups excluding carboxylic acids is 4. The fraction of sp³-hybridized carbons (Fsp3) is 0.607. The molecule has 1 aromatic carbocycles. The maximum atomic E-state index is 14.7. The first-order chi connectivity index (χ1) is 36.7. The summed E-state index contributed by atoms with van der Waals surface area (Å²) in [4.78, 5) is 83.1. The highest BCUT2D eigenvalue weighted by atomic mass is 35.5. The number of anilines is 2. The number of aromatic nitrogens is 4. The Morgan fingerprint density at radius 3 is 2.32 bits per heavy atom. The Morgan fingerprint density at radius 2 is 1.69 bits per heavy atom. The Morgan fingerprint density at radius 1 is 0.961 bits per heavy atom. The van der Waals surface area contributed by atoms with Gasteiger partial charge in [0.1, 0.15) is 34.5 Å². The molecule has 5 N–H and O–H groups in total. The Labute approximate surface area is 464 Å². The fourth-order valence-electron chi connectivity index (χ4n) is 11.8. The molecule has 414 valence electrons. The number of benzene rings is 1. The maximum absolute atomic E-state index is 14.7. The van der Waals surface area contributed by atoms with Crippen LogP contribution in [0.5, 0.6) is 5.75 Å². The summed E-state index contributed by atoms with van der Waals surface area (Å²) >= 11 is 10.0. The molecule has 2 aliphatic carbocycles. The number of carbonyl (C=O) groups is 4. The molecule has 0 unspecified atom stereocenters. The van der Waals surface area contributed by atoms with Crippen LogP contribution in [0.4, 0.5) is 16.0 Å². The molecular weight excluding hydrogens is 1040 g/mol. The number of thiazole rings is 1. The number of likely N-dealkylation sites (tertiary alicyclic amines) is 2. The van der Waals surface area contributed by atoms with E-state index in [1.807, 2.05) is 42.9 Å². The van der Waals surface area contributed by atoms with E-state index in [2.05, 4.69) is 42.2 Å². The lowest BCUT2D eigenvalue weighted by Gasteiger charge is -2.52. The number of amides is 4. The van der Waals surface area contributed by atoms with Crippen molar-refractivity contribution in [2.75, 3.05) is 62.2 Å². The van der Waals surface area contributed by atoms with Crippen molar-refractivity contribution in [3.05, 3.63) is 64.6 Å². The first-order valence-corrected chi connectivity index (χ1v) is 29.4. The van der Waals surface area contributed by atoms with Crippen molar-refractivity contribution in [2.24, 2.45) is 27.9 Å². The second kappa shape index (κ2) is 22.2. The lowest BCUT2D eigenvalue weighted by molar-refractivity contribution is -0.145. The van der Waals surface area contributed by atoms with Crippen LogP contribution in [-0.4, -0.2) is 141 Å². The fourth-order valence-corrected chi connectivity index (χ4v) is 13.7. The van der Waals surface area contributed by atoms with Crippen molar-refractivity contribution in [1.82, 2.24) is 40.4 Å². The van der Waals surface area contributed by atoms with Crippen LogP contribution in [0.1, 0.15) is 110 Å². The molecular formula is C56H73ClFN11O6S2. The molecule has 3 aromatic heterocycles. The number of aliphatic hydroxyl groups excluding tert-OH is 1. The molecule has 77 heavy (non-hydrogen) atoms. The molecule has 4 aromatic rings. The van der Waals surface area contributed by atoms with Crippen LogP contribution in [0.3, 0.4) is 0 Å². The summed E-state index contributed by atoms with van der Waals surface area (Å²) in [6, 6.07) is 5.76. The van der Waals surface area contributed by atoms with Crippen molar-refractivity contribution >= 4 is 70.0 Å². The molecule has 4 amide bonds. The van der Waals surface area contributed by atoms with Gasteiger partial charge in [0.05, 0.1) is 45.7 Å². The predicted molar refractivity (Wildman–Crippen MR) is 296 cm³/mol. The molecule has 4 aliphatic heterocycles. The molecule has 0 radical (unpaired) electrons. The molecule has 1 spiro atoms. The number of piperidine rings is 3. The molecule has 7 heterocycles. The number of halogens is 2. The number of hydrogen-bond acceptors (Lipinski definition) is 15. The van der Waals surface area contributed by atoms with Crippen LogP contribution in [0.15, 0.2) is 58.3 Å². The SMILES string of the molecule is Cc1ncsc1-c1ccc(CNC(=O)[C@@H]2C[C@@H](O)CN2C(=O)[C@@H](NC(=O)C2(F)CC2)C(C)(C)C)c(OC2CC3(CCN(C(=O)C4CCN(c5nccc(Sc6cnc(N7CCC(C)(CN)CC7)cn6)c5Cl)CC4)CC3)C2)c1. The number of nitrogens with one attached hydrogen (secondary N) is 2. The Hall–Kier alpha value is -5.15. The summed E-state index contributed by atoms with van der Waals surface area (Å²) < 4.78 is 21.5. The molecule has 4 saturated heterocycles. The third kappa shape index (κ3) is 12.1. The van der Waals surface area contributed by atoms with Crippen molar-refractivity contribution in [3.8, 4) is 16.2 Å². The molecule has 3 atom stereocenters. The van der Waals surface area contributed by atoms with Gasteiger partial charge in [-0.1, -0.05) is 63.2 Å². The molecule has 6 fully saturated rings. The number of nitrogens with two attached hydrogens (primary N) is 1. The van der Waals surface area contributed by atoms with E-state index in [-0.39, 0.29) is 61.1 Å². The van der Waals surface area contributed by atoms with E-state index < -0.39 is 47.0 Å². The number of aliphatic hydroxyl groups is 1. The minimum atomic E-state index is -1.98. The third-order valence-electron chi connectivity index (χ3n) is 17.2. The van der Waals surface area contributed by atoms with E-state index in [1.165, 1.54) is 16.7 Å². The number of pyridine rings is 1. The van der Waals surface area contributed by atoms with Gasteiger partial charge in [0.2, 0.25) is 17.7 Å². The largest absolute Gasteiger partial charge is 0.490 e. The van der Waals surface area contributed by atoms with Crippen LogP contribution in [0, 0.1) is 29.1 Å². The number of nitrogens with zero attached hydrogens (tertiary/aromatic N) is 8. The van der Waals surface area contributed by atoms with Crippen LogP contribution in [-0.2, 0) is 25.7 Å². The van der Waals surface area contributed by atoms with Gasteiger partial charge in [-0.15, -0.1) is 11.3 Å². The monoisotopic (exact) mass is 1110 g/mol. The van der Waals surface area contributed by atoms with Gasteiger partial charge in [-0.2, -0.15) is 0 Å². The average Bonchev–Trinajstić information content (AvgIpc) is 3.83. The van der Waals surface area contributed by atoms with E-state index >= 15 is 0 Å². The summed E-state index contributed by atoms with van der Waals surface area (Å²) in [7, 11) is 0. The minimum absolute atomic E-state index is 0.0280. The van der Waals surface area contributed by atoms with Gasteiger partial charge in [0, 0.05) is 81.4 Å². The first kappa shape index (κ1) is 55.2. The van der Waals surface area contributed by atoms with Crippen LogP contribution in [0.25, 0.3) is 10.4 Å². The zero-order chi connectivity index (χ0) is 54.4. The quantitative estimate of drug-likeness (QED) is 0.0917. The number of aryl methyl sites for hydroxylation is 1. The van der Waals surface area contributed by atoms with Crippen LogP contribution >= 0.6 is 34.7 Å². The van der Waals surface area contributed by atoms with Gasteiger partial charge in [-0.05, 0) is 112 Å². The van der Waals surface area contributed by atoms with Crippen LogP contribution < -0.4 is 30.9 Å². The Bertz CT molecular complexity index is 2820. The van der Waals surface area contributed by atoms with Crippen molar-refractivity contribution in [1.29, 1.82) is 0 Å². The van der Waals surface area contributed by atoms with Crippen LogP contribution in [0.2, 0.25) is 5.02 Å². The maximum Gasteiger partial charge on any atom is 0.258 e. The van der Waals surface area contributed by atoms with Crippen molar-refractivity contribution in [2.45, 2.75) is 152 Å². The summed E-state index contributed by atoms with van der Waals surface area (Å²) in [5, 5.41) is 17.7. The first-order valence-electron chi connectivity index (χ1n) is 27.3. The third-order valence-corrected chi connectivity index (χ3v) is 19.7. The molecule has 0 bridgehead atoms. The highest BCUT2D eigenvalue weighted by molar-refractivity contribution is 7.99. The number of β-amino-alcohol motifs (C(OH)–C–C–N with tert-alkyl or cyclic N) is 1. The van der Waals surface area contributed by atoms with Crippen molar-refractivity contribution in [3.63, 3.8) is 0 Å². The van der Waals surface area contributed by atoms with Gasteiger partial charge in [0.15, 0.2) is 5.67 Å². The summed E-state index contributed by atoms with van der Waals surface area (Å²) in [5.74, 6) is 0.597. The average molecular weight is 1110 g/mol. The summed E-state index contributed by atoms with van der Waals surface area (Å²) in [6.07, 6.45) is 11.7. The Kier molecular flexibility index (Phi) is 15.9. The zero-order valence-electron chi connectivity index (χ0n) is 44.9. The van der Waals surface area contributed by atoms with E-state index in [4.69, 9.17) is 32.0 Å². The highest BCUT2D eigenvalue weighted by Gasteiger charge is 2.54. The van der Waals surface area contributed by atoms with Gasteiger partial charge in [0.25, 0.3) is 5.91 Å². The molecule has 2 saturated carbocycles. The van der Waals surface area contributed by atoms with E-state index in [0.29, 0.717) is 43.5 Å². The van der Waals surface area contributed by atoms with Gasteiger partial charge >= 0.3 is 0 Å². The second-order valence-corrected chi connectivity index (χ2v) is 26.2. The van der Waals surface area contributed by atoms with Gasteiger partial charge in [-0.25, -0.2) is 24.3 Å². The molecule has 10 rings (SSSR count). The van der Waals surface area contributed by atoms with Gasteiger partial charge < -0.3 is 45.8 Å². The van der Waals surface area contributed by atoms with Gasteiger partial charge in [-0.3, -0.25) is 19.2 Å². The Balaban J connectivity index is 0.712. The topological polar surface area (TPSA) is 212 Å². The lowest BCUT2D eigenvalue weighted by Crippen LogP contribution is -2.59. The van der Waals surface area contributed by atoms with E-state index in [1.54, 1.807) is 44.5 Å². The molecule has 17 nitrogen and oxygen atoms in total. The van der Waals surface area contributed by atoms with E-state index in [9.17, 15) is 28.7 Å². The number of rotatable bonds is 15. The molecule has 6 aliphatic rings. The number of ether oxygens (including phenoxy) is 1. The number of alkyl halides is 1. The summed E-state index contributed by atoms with van der Waals surface area (Å²) in [5.41, 5.74) is 7.95. The van der Waals surface area contributed by atoms with Crippen molar-refractivity contribution < 1.29 is 33.4 Å². The lowest BCUT2D eigenvalue weighted by atomic mass is 9.61. The zero-order valence-corrected chi connectivity index (χ0v) is 47.3. The second-order valence-electron chi connectivity index (χ2n) is 23.9. The standard InChI is InChI=1S/C56H73ClFN11O6S2/c1-34-46(76-33-64-34)36-6-7-37(28-63-49(71)40-25-38(70)31-69(40)51(73)47(53(2,3)4)65-52(74)56(58)11-12-56)41(24-36)75-39-26-55(27-39)15-22-68(23-16-55)50(72)35-9-18-67(19-10-35)48-45(57)42(8-17-60-48)77-44-30-61-43(29-62-44)66-20-13-54(5,32-59)14-21-66/h6-8,17,24,29-30,33,35,38-40,47,70H,9-16,18-23,25-28,31-32,59H2,1-5H3,(H,63,71)(H,65,74)/t38-,40+,47-/m1/s1. The molecule has 21 heteroatoms. The normalized spacial score (nSPS) is 22.6. The van der Waals surface area contributed by atoms with E-state index in [0.717, 1.165) is 108 Å². The highest BCUT2D eigenvalue weighted by Crippen LogP contribution is 2.51. The smallest absolute Gasteiger partial charge is 0.258 e.